The minimum Gasteiger partial charge on any atom is -0.495 e. The molecule has 2 aromatic carbocycles. The molecule has 1 heterocycles. The van der Waals surface area contributed by atoms with Crippen LogP contribution >= 0.6 is 23.1 Å². The van der Waals surface area contributed by atoms with Crippen LogP contribution in [0.2, 0.25) is 0 Å². The second kappa shape index (κ2) is 9.57. The summed E-state index contributed by atoms with van der Waals surface area (Å²) in [6.45, 7) is 2.03. The molecule has 0 aliphatic rings. The Morgan fingerprint density at radius 2 is 1.89 bits per heavy atom. The van der Waals surface area contributed by atoms with Crippen LogP contribution < -0.4 is 10.1 Å². The van der Waals surface area contributed by atoms with E-state index in [4.69, 9.17) is 4.74 Å². The molecular formula is C20H22N4O2S2. The Morgan fingerprint density at radius 3 is 2.64 bits per heavy atom. The predicted molar refractivity (Wildman–Crippen MR) is 115 cm³/mol. The lowest BCUT2D eigenvalue weighted by Crippen LogP contribution is -2.31. The Labute approximate surface area is 172 Å². The van der Waals surface area contributed by atoms with E-state index in [2.05, 4.69) is 15.5 Å². The second-order valence-corrected chi connectivity index (χ2v) is 8.28. The molecule has 6 nitrogen and oxygen atoms in total. The molecule has 3 aromatic rings. The highest BCUT2D eigenvalue weighted by molar-refractivity contribution is 8.01. The van der Waals surface area contributed by atoms with Crippen LogP contribution in [0.4, 0.5) is 10.8 Å². The first-order valence-electron chi connectivity index (χ1n) is 8.75. The summed E-state index contributed by atoms with van der Waals surface area (Å²) in [5, 5.41) is 12.2. The molecule has 0 aliphatic carbocycles. The van der Waals surface area contributed by atoms with Crippen molar-refractivity contribution in [1.82, 2.24) is 15.1 Å². The zero-order chi connectivity index (χ0) is 19.9. The first-order chi connectivity index (χ1) is 13.6. The molecule has 8 heteroatoms. The van der Waals surface area contributed by atoms with Gasteiger partial charge in [-0.25, -0.2) is 0 Å². The first kappa shape index (κ1) is 20.2. The Morgan fingerprint density at radius 1 is 1.18 bits per heavy atom. The van der Waals surface area contributed by atoms with Crippen LogP contribution in [0, 0.1) is 0 Å². The largest absolute Gasteiger partial charge is 0.495 e. The zero-order valence-electron chi connectivity index (χ0n) is 16.0. The number of rotatable bonds is 8. The highest BCUT2D eigenvalue weighted by atomic mass is 32.2. The van der Waals surface area contributed by atoms with Crippen LogP contribution in [0.15, 0.2) is 58.9 Å². The number of para-hydroxylation sites is 2. The number of carbonyl (C=O) groups excluding carboxylic acids is 1. The topological polar surface area (TPSA) is 67.3 Å². The van der Waals surface area contributed by atoms with E-state index in [0.29, 0.717) is 10.9 Å². The van der Waals surface area contributed by atoms with Crippen LogP contribution in [-0.2, 0) is 4.79 Å². The molecule has 28 heavy (non-hydrogen) atoms. The van der Waals surface area contributed by atoms with Crippen LogP contribution in [0.3, 0.4) is 0 Å². The average molecular weight is 415 g/mol. The monoisotopic (exact) mass is 414 g/mol. The van der Waals surface area contributed by atoms with Gasteiger partial charge in [-0.05, 0) is 24.6 Å². The van der Waals surface area contributed by atoms with Crippen LogP contribution in [0.1, 0.15) is 18.5 Å². The minimum absolute atomic E-state index is 0.0199. The van der Waals surface area contributed by atoms with Gasteiger partial charge in [0.25, 0.3) is 0 Å². The van der Waals surface area contributed by atoms with Crippen molar-refractivity contribution < 1.29 is 9.53 Å². The number of thioether (sulfide) groups is 1. The fourth-order valence-corrected chi connectivity index (χ4v) is 4.27. The van der Waals surface area contributed by atoms with Crippen molar-refractivity contribution in [2.75, 3.05) is 25.2 Å². The second-order valence-electron chi connectivity index (χ2n) is 6.08. The number of carbonyl (C=O) groups is 1. The van der Waals surface area contributed by atoms with Crippen molar-refractivity contribution in [2.24, 2.45) is 0 Å². The van der Waals surface area contributed by atoms with Gasteiger partial charge in [0.05, 0.1) is 24.6 Å². The molecule has 3 rings (SSSR count). The Hall–Kier alpha value is -2.58. The molecule has 0 saturated carbocycles. The fraction of sp³-hybridized carbons (Fsp3) is 0.250. The lowest BCUT2D eigenvalue weighted by molar-refractivity contribution is -0.128. The van der Waals surface area contributed by atoms with Gasteiger partial charge >= 0.3 is 0 Å². The van der Waals surface area contributed by atoms with E-state index >= 15 is 0 Å². The fourth-order valence-electron chi connectivity index (χ4n) is 2.58. The van der Waals surface area contributed by atoms with Crippen molar-refractivity contribution in [3.63, 3.8) is 0 Å². The molecule has 0 radical (unpaired) electrons. The first-order valence-corrected chi connectivity index (χ1v) is 10.6. The minimum atomic E-state index is 0.0199. The molecule has 0 fully saturated rings. The molecule has 1 amide bonds. The summed E-state index contributed by atoms with van der Waals surface area (Å²) >= 11 is 2.80. The van der Waals surface area contributed by atoms with Crippen LogP contribution in [-0.4, -0.2) is 40.9 Å². The number of nitrogens with one attached hydrogen (secondary N) is 1. The highest BCUT2D eigenvalue weighted by Crippen LogP contribution is 2.31. The van der Waals surface area contributed by atoms with E-state index in [1.165, 1.54) is 23.1 Å². The zero-order valence-corrected chi connectivity index (χ0v) is 17.6. The number of ether oxygens (including phenoxy) is 1. The molecule has 146 valence electrons. The molecule has 0 saturated heterocycles. The summed E-state index contributed by atoms with van der Waals surface area (Å²) in [6, 6.07) is 17.6. The number of benzene rings is 2. The number of amides is 1. The number of hydrogen-bond donors (Lipinski definition) is 1. The maximum absolute atomic E-state index is 12.5. The molecule has 1 N–H and O–H groups in total. The summed E-state index contributed by atoms with van der Waals surface area (Å²) in [6.07, 6.45) is 0. The maximum atomic E-state index is 12.5. The highest BCUT2D eigenvalue weighted by Gasteiger charge is 2.18. The van der Waals surface area contributed by atoms with Gasteiger partial charge in [-0.2, -0.15) is 0 Å². The third-order valence-electron chi connectivity index (χ3n) is 4.33. The maximum Gasteiger partial charge on any atom is 0.233 e. The van der Waals surface area contributed by atoms with Gasteiger partial charge in [0, 0.05) is 7.05 Å². The summed E-state index contributed by atoms with van der Waals surface area (Å²) in [4.78, 5) is 14.3. The smallest absolute Gasteiger partial charge is 0.233 e. The van der Waals surface area contributed by atoms with E-state index in [0.717, 1.165) is 21.3 Å². The van der Waals surface area contributed by atoms with Gasteiger partial charge in [-0.15, -0.1) is 10.2 Å². The summed E-state index contributed by atoms with van der Waals surface area (Å²) in [7, 11) is 3.45. The van der Waals surface area contributed by atoms with Crippen molar-refractivity contribution in [1.29, 1.82) is 0 Å². The Kier molecular flexibility index (Phi) is 6.89. The molecular weight excluding hydrogens is 392 g/mol. The predicted octanol–water partition coefficient (Wildman–Crippen LogP) is 4.60. The lowest BCUT2D eigenvalue weighted by atomic mass is 10.1. The van der Waals surface area contributed by atoms with Gasteiger partial charge in [-0.1, -0.05) is 65.6 Å². The third-order valence-corrected chi connectivity index (χ3v) is 6.29. The van der Waals surface area contributed by atoms with E-state index in [1.54, 1.807) is 12.0 Å². The van der Waals surface area contributed by atoms with E-state index in [9.17, 15) is 4.79 Å². The van der Waals surface area contributed by atoms with Gasteiger partial charge < -0.3 is 15.0 Å². The molecule has 1 atom stereocenters. The third kappa shape index (κ3) is 5.02. The molecule has 0 spiro atoms. The summed E-state index contributed by atoms with van der Waals surface area (Å²) in [5.74, 6) is 1.10. The number of aromatic nitrogens is 2. The van der Waals surface area contributed by atoms with Crippen LogP contribution in [0.5, 0.6) is 5.75 Å². The SMILES string of the molecule is COc1ccccc1Nc1nnc(SCC(=O)N(C)C(C)c2ccccc2)s1. The van der Waals surface area contributed by atoms with Crippen molar-refractivity contribution >= 4 is 39.8 Å². The standard InChI is InChI=1S/C20H22N4O2S2/c1-14(15-9-5-4-6-10-15)24(2)18(25)13-27-20-23-22-19(28-20)21-16-11-7-8-12-17(16)26-3/h4-12,14H,13H2,1-3H3,(H,21,22). The number of hydrogen-bond acceptors (Lipinski definition) is 7. The van der Waals surface area contributed by atoms with Gasteiger partial charge in [0.1, 0.15) is 5.75 Å². The van der Waals surface area contributed by atoms with Crippen molar-refractivity contribution in [2.45, 2.75) is 17.3 Å². The molecule has 0 bridgehead atoms. The normalized spacial score (nSPS) is 11.7. The van der Waals surface area contributed by atoms with E-state index in [1.807, 2.05) is 68.6 Å². The lowest BCUT2D eigenvalue weighted by Gasteiger charge is -2.25. The number of methoxy groups -OCH3 is 1. The molecule has 1 aromatic heterocycles. The van der Waals surface area contributed by atoms with E-state index in [-0.39, 0.29) is 11.9 Å². The quantitative estimate of drug-likeness (QED) is 0.543. The summed E-state index contributed by atoms with van der Waals surface area (Å²) < 4.78 is 6.07. The van der Waals surface area contributed by atoms with Crippen molar-refractivity contribution in [3.05, 3.63) is 60.2 Å². The molecule has 0 aliphatic heterocycles. The van der Waals surface area contributed by atoms with Crippen LogP contribution in [0.25, 0.3) is 0 Å². The Bertz CT molecular complexity index is 917. The van der Waals surface area contributed by atoms with E-state index < -0.39 is 0 Å². The Balaban J connectivity index is 1.56. The summed E-state index contributed by atoms with van der Waals surface area (Å²) in [5.41, 5.74) is 1.94. The molecule has 1 unspecified atom stereocenters. The number of anilines is 2. The van der Waals surface area contributed by atoms with Gasteiger partial charge in [-0.3, -0.25) is 4.79 Å². The van der Waals surface area contributed by atoms with Gasteiger partial charge in [0.2, 0.25) is 11.0 Å². The van der Waals surface area contributed by atoms with Crippen molar-refractivity contribution in [3.8, 4) is 5.75 Å². The van der Waals surface area contributed by atoms with Gasteiger partial charge in [0.15, 0.2) is 4.34 Å². The number of nitrogens with zero attached hydrogens (tertiary/aromatic N) is 3. The average Bonchev–Trinajstić information content (AvgIpc) is 3.19.